The lowest BCUT2D eigenvalue weighted by molar-refractivity contribution is 0.361. The Balaban J connectivity index is 2.94. The van der Waals surface area contributed by atoms with Crippen molar-refractivity contribution in [1.29, 1.82) is 0 Å². The van der Waals surface area contributed by atoms with Gasteiger partial charge in [-0.05, 0) is 29.9 Å². The summed E-state index contributed by atoms with van der Waals surface area (Å²) in [6, 6.07) is 4.99. The maximum Gasteiger partial charge on any atom is 0.142 e. The summed E-state index contributed by atoms with van der Waals surface area (Å²) in [6.45, 7) is 4.30. The van der Waals surface area contributed by atoms with Gasteiger partial charge in [-0.25, -0.2) is 4.39 Å². The molecule has 0 nitrogen and oxygen atoms in total. The quantitative estimate of drug-likeness (QED) is 0.697. The van der Waals surface area contributed by atoms with Crippen LogP contribution in [0.15, 0.2) is 18.2 Å². The Morgan fingerprint density at radius 1 is 1.47 bits per heavy atom. The van der Waals surface area contributed by atoms with E-state index >= 15 is 0 Å². The summed E-state index contributed by atoms with van der Waals surface area (Å²) < 4.78 is 13.2. The van der Waals surface area contributed by atoms with Gasteiger partial charge in [0.2, 0.25) is 0 Å². The van der Waals surface area contributed by atoms with Crippen LogP contribution in [0.25, 0.3) is 0 Å². The van der Waals surface area contributed by atoms with Crippen LogP contribution in [0, 0.1) is 11.2 Å². The van der Waals surface area contributed by atoms with Gasteiger partial charge in [-0.15, -0.1) is 0 Å². The first-order valence-electron chi connectivity index (χ1n) is 5.01. The highest BCUT2D eigenvalue weighted by Crippen LogP contribution is 2.32. The van der Waals surface area contributed by atoms with Gasteiger partial charge in [0.1, 0.15) is 5.82 Å². The van der Waals surface area contributed by atoms with E-state index in [0.29, 0.717) is 0 Å². The average Bonchev–Trinajstić information content (AvgIpc) is 2.25. The van der Waals surface area contributed by atoms with E-state index in [1.165, 1.54) is 6.07 Å². The Morgan fingerprint density at radius 2 is 2.13 bits per heavy atom. The van der Waals surface area contributed by atoms with Gasteiger partial charge in [-0.1, -0.05) is 53.5 Å². The molecule has 84 valence electrons. The lowest BCUT2D eigenvalue weighted by atomic mass is 9.83. The fourth-order valence-corrected chi connectivity index (χ4v) is 2.20. The van der Waals surface area contributed by atoms with Crippen LogP contribution in [0.1, 0.15) is 25.8 Å². The molecule has 1 rings (SSSR count). The molecule has 0 fully saturated rings. The summed E-state index contributed by atoms with van der Waals surface area (Å²) in [5.74, 6) is -0.331. The van der Waals surface area contributed by atoms with Crippen LogP contribution < -0.4 is 0 Å². The van der Waals surface area contributed by atoms with Crippen LogP contribution >= 0.6 is 27.5 Å². The van der Waals surface area contributed by atoms with E-state index in [2.05, 4.69) is 29.8 Å². The second-order valence-corrected chi connectivity index (χ2v) is 5.13. The highest BCUT2D eigenvalue weighted by molar-refractivity contribution is 9.09. The molecule has 1 aromatic rings. The molecule has 0 amide bonds. The number of alkyl halides is 1. The number of benzene rings is 1. The van der Waals surface area contributed by atoms with E-state index in [9.17, 15) is 4.39 Å². The molecule has 1 atom stereocenters. The summed E-state index contributed by atoms with van der Waals surface area (Å²) in [6.07, 6.45) is 1.83. The Labute approximate surface area is 104 Å². The lowest BCUT2D eigenvalue weighted by Crippen LogP contribution is -2.20. The Hall–Kier alpha value is -0.0800. The number of hydrogen-bond acceptors (Lipinski definition) is 0. The van der Waals surface area contributed by atoms with Crippen LogP contribution in [0.3, 0.4) is 0 Å². The van der Waals surface area contributed by atoms with Crippen LogP contribution in [0.2, 0.25) is 5.02 Å². The average molecular weight is 294 g/mol. The Bertz CT molecular complexity index is 334. The fraction of sp³-hybridized carbons (Fsp3) is 0.500. The molecule has 0 saturated heterocycles. The standard InChI is InChI=1S/C12H15BrClF/c1-3-12(2,8-13)7-9-5-4-6-10(15)11(9)14/h4-6H,3,7-8H2,1-2H3. The third kappa shape index (κ3) is 3.18. The van der Waals surface area contributed by atoms with Gasteiger partial charge in [0, 0.05) is 5.33 Å². The first-order chi connectivity index (χ1) is 7.02. The van der Waals surface area contributed by atoms with E-state index in [0.717, 1.165) is 23.7 Å². The van der Waals surface area contributed by atoms with E-state index in [4.69, 9.17) is 11.6 Å². The molecule has 0 radical (unpaired) electrons. The van der Waals surface area contributed by atoms with Crippen molar-refractivity contribution in [1.82, 2.24) is 0 Å². The third-order valence-electron chi connectivity index (χ3n) is 2.82. The zero-order valence-corrected chi connectivity index (χ0v) is 11.3. The lowest BCUT2D eigenvalue weighted by Gasteiger charge is -2.26. The van der Waals surface area contributed by atoms with Crippen molar-refractivity contribution in [3.05, 3.63) is 34.6 Å². The van der Waals surface area contributed by atoms with E-state index in [-0.39, 0.29) is 16.3 Å². The molecule has 0 aliphatic rings. The molecular weight excluding hydrogens is 278 g/mol. The second-order valence-electron chi connectivity index (χ2n) is 4.19. The van der Waals surface area contributed by atoms with E-state index in [1.807, 2.05) is 6.07 Å². The van der Waals surface area contributed by atoms with Gasteiger partial charge in [0.25, 0.3) is 0 Å². The minimum atomic E-state index is -0.331. The van der Waals surface area contributed by atoms with Gasteiger partial charge in [0.05, 0.1) is 5.02 Å². The predicted molar refractivity (Wildman–Crippen MR) is 67.3 cm³/mol. The zero-order valence-electron chi connectivity index (χ0n) is 8.99. The van der Waals surface area contributed by atoms with Crippen molar-refractivity contribution >= 4 is 27.5 Å². The minimum Gasteiger partial charge on any atom is -0.205 e. The molecule has 0 aromatic heterocycles. The molecule has 0 heterocycles. The topological polar surface area (TPSA) is 0 Å². The van der Waals surface area contributed by atoms with Crippen molar-refractivity contribution in [2.75, 3.05) is 5.33 Å². The Morgan fingerprint density at radius 3 is 2.67 bits per heavy atom. The van der Waals surface area contributed by atoms with Crippen molar-refractivity contribution < 1.29 is 4.39 Å². The molecule has 0 aliphatic carbocycles. The predicted octanol–water partition coefficient (Wildman–Crippen LogP) is 4.83. The number of halogens is 3. The van der Waals surface area contributed by atoms with Crippen molar-refractivity contribution in [3.8, 4) is 0 Å². The molecule has 0 aliphatic heterocycles. The summed E-state index contributed by atoms with van der Waals surface area (Å²) in [4.78, 5) is 0. The highest BCUT2D eigenvalue weighted by Gasteiger charge is 2.22. The van der Waals surface area contributed by atoms with Crippen molar-refractivity contribution in [2.24, 2.45) is 5.41 Å². The summed E-state index contributed by atoms with van der Waals surface area (Å²) in [7, 11) is 0. The first-order valence-corrected chi connectivity index (χ1v) is 6.51. The van der Waals surface area contributed by atoms with Gasteiger partial charge in [0.15, 0.2) is 0 Å². The van der Waals surface area contributed by atoms with Gasteiger partial charge < -0.3 is 0 Å². The molecule has 0 N–H and O–H groups in total. The van der Waals surface area contributed by atoms with Crippen molar-refractivity contribution in [2.45, 2.75) is 26.7 Å². The normalized spacial score (nSPS) is 15.0. The van der Waals surface area contributed by atoms with Crippen LogP contribution in [0.5, 0.6) is 0 Å². The molecule has 3 heteroatoms. The molecule has 1 aromatic carbocycles. The van der Waals surface area contributed by atoms with Crippen LogP contribution in [0.4, 0.5) is 4.39 Å². The molecule has 15 heavy (non-hydrogen) atoms. The first kappa shape index (κ1) is 13.0. The second kappa shape index (κ2) is 5.31. The summed E-state index contributed by atoms with van der Waals surface area (Å²) in [5.41, 5.74) is 1.03. The number of hydrogen-bond donors (Lipinski definition) is 0. The molecule has 0 bridgehead atoms. The van der Waals surface area contributed by atoms with E-state index < -0.39 is 0 Å². The minimum absolute atomic E-state index is 0.136. The SMILES string of the molecule is CCC(C)(CBr)Cc1cccc(F)c1Cl. The molecule has 0 saturated carbocycles. The molecular formula is C12H15BrClF. The highest BCUT2D eigenvalue weighted by atomic mass is 79.9. The Kier molecular flexibility index (Phi) is 4.60. The maximum absolute atomic E-state index is 13.2. The number of rotatable bonds is 4. The third-order valence-corrected chi connectivity index (χ3v) is 4.60. The monoisotopic (exact) mass is 292 g/mol. The zero-order chi connectivity index (χ0) is 11.5. The van der Waals surface area contributed by atoms with Gasteiger partial charge in [-0.2, -0.15) is 0 Å². The van der Waals surface area contributed by atoms with Crippen LogP contribution in [-0.4, -0.2) is 5.33 Å². The summed E-state index contributed by atoms with van der Waals surface area (Å²) >= 11 is 9.42. The maximum atomic E-state index is 13.2. The van der Waals surface area contributed by atoms with Gasteiger partial charge in [-0.3, -0.25) is 0 Å². The van der Waals surface area contributed by atoms with Crippen LogP contribution in [-0.2, 0) is 6.42 Å². The molecule has 0 spiro atoms. The van der Waals surface area contributed by atoms with Gasteiger partial charge >= 0.3 is 0 Å². The van der Waals surface area contributed by atoms with E-state index in [1.54, 1.807) is 6.07 Å². The summed E-state index contributed by atoms with van der Waals surface area (Å²) in [5, 5.41) is 1.15. The van der Waals surface area contributed by atoms with Crippen molar-refractivity contribution in [3.63, 3.8) is 0 Å². The molecule has 1 unspecified atom stereocenters. The smallest absolute Gasteiger partial charge is 0.142 e. The largest absolute Gasteiger partial charge is 0.205 e. The fourth-order valence-electron chi connectivity index (χ4n) is 1.41.